The van der Waals surface area contributed by atoms with Crippen molar-refractivity contribution < 1.29 is 9.47 Å². The Hall–Kier alpha value is -2.01. The maximum absolute atomic E-state index is 5.97. The van der Waals surface area contributed by atoms with Gasteiger partial charge in [0.25, 0.3) is 0 Å². The number of nitrogens with one attached hydrogen (secondary N) is 1. The molecule has 0 aliphatic carbocycles. The molecule has 0 saturated heterocycles. The molecule has 2 heterocycles. The second kappa shape index (κ2) is 6.18. The lowest BCUT2D eigenvalue weighted by Gasteiger charge is -2.26. The summed E-state index contributed by atoms with van der Waals surface area (Å²) in [4.78, 5) is 8.51. The summed E-state index contributed by atoms with van der Waals surface area (Å²) < 4.78 is 11.5. The van der Waals surface area contributed by atoms with E-state index >= 15 is 0 Å². The molecule has 0 saturated carbocycles. The molecule has 1 atom stereocenters. The largest absolute Gasteiger partial charge is 0.486 e. The average Bonchev–Trinajstić information content (AvgIpc) is 2.52. The molecule has 3 rings (SSSR count). The van der Waals surface area contributed by atoms with Crippen LogP contribution in [0.15, 0.2) is 30.3 Å². The standard InChI is InChI=1S/C15H16ClN3O2/c1-2-14-18-13(16)7-15(19-14)17-8-10-9-20-11-5-3-4-6-12(11)21-10/h3-7,10H,2,8-9H2,1H3,(H,17,18,19). The Morgan fingerprint density at radius 2 is 2.10 bits per heavy atom. The van der Waals surface area contributed by atoms with Crippen molar-refractivity contribution in [3.63, 3.8) is 0 Å². The lowest BCUT2D eigenvalue weighted by molar-refractivity contribution is 0.0997. The third-order valence-electron chi connectivity index (χ3n) is 3.14. The van der Waals surface area contributed by atoms with Gasteiger partial charge in [-0.15, -0.1) is 0 Å². The van der Waals surface area contributed by atoms with Gasteiger partial charge in [-0.3, -0.25) is 0 Å². The van der Waals surface area contributed by atoms with Gasteiger partial charge in [0.2, 0.25) is 0 Å². The summed E-state index contributed by atoms with van der Waals surface area (Å²) in [7, 11) is 0. The Bertz CT molecular complexity index is 636. The van der Waals surface area contributed by atoms with Crippen LogP contribution in [0.4, 0.5) is 5.82 Å². The topological polar surface area (TPSA) is 56.3 Å². The number of ether oxygens (including phenoxy) is 2. The quantitative estimate of drug-likeness (QED) is 0.880. The van der Waals surface area contributed by atoms with Crippen molar-refractivity contribution in [1.29, 1.82) is 0 Å². The van der Waals surface area contributed by atoms with E-state index in [4.69, 9.17) is 21.1 Å². The van der Waals surface area contributed by atoms with Crippen molar-refractivity contribution in [1.82, 2.24) is 9.97 Å². The number of para-hydroxylation sites is 2. The van der Waals surface area contributed by atoms with Gasteiger partial charge in [0, 0.05) is 12.5 Å². The highest BCUT2D eigenvalue weighted by Crippen LogP contribution is 2.30. The molecule has 0 amide bonds. The molecule has 6 heteroatoms. The first-order valence-corrected chi connectivity index (χ1v) is 7.28. The number of halogens is 1. The fraction of sp³-hybridized carbons (Fsp3) is 0.333. The van der Waals surface area contributed by atoms with Crippen LogP contribution in [0, 0.1) is 0 Å². The van der Waals surface area contributed by atoms with E-state index in [1.54, 1.807) is 6.07 Å². The Balaban J connectivity index is 1.63. The summed E-state index contributed by atoms with van der Waals surface area (Å²) >= 11 is 5.97. The maximum atomic E-state index is 5.97. The minimum absolute atomic E-state index is 0.0706. The lowest BCUT2D eigenvalue weighted by atomic mass is 10.2. The minimum atomic E-state index is -0.0706. The highest BCUT2D eigenvalue weighted by molar-refractivity contribution is 6.29. The first-order valence-electron chi connectivity index (χ1n) is 6.90. The van der Waals surface area contributed by atoms with Crippen LogP contribution < -0.4 is 14.8 Å². The molecular weight excluding hydrogens is 290 g/mol. The molecule has 1 aromatic heterocycles. The molecule has 21 heavy (non-hydrogen) atoms. The fourth-order valence-corrected chi connectivity index (χ4v) is 2.30. The normalized spacial score (nSPS) is 16.6. The van der Waals surface area contributed by atoms with E-state index in [2.05, 4.69) is 15.3 Å². The van der Waals surface area contributed by atoms with Gasteiger partial charge in [-0.25, -0.2) is 9.97 Å². The van der Waals surface area contributed by atoms with Gasteiger partial charge in [-0.2, -0.15) is 0 Å². The zero-order valence-corrected chi connectivity index (χ0v) is 12.4. The van der Waals surface area contributed by atoms with Crippen molar-refractivity contribution >= 4 is 17.4 Å². The molecule has 1 aromatic carbocycles. The van der Waals surface area contributed by atoms with Crippen molar-refractivity contribution in [3.05, 3.63) is 41.3 Å². The van der Waals surface area contributed by atoms with Crippen LogP contribution in [-0.4, -0.2) is 29.2 Å². The van der Waals surface area contributed by atoms with E-state index < -0.39 is 0 Å². The van der Waals surface area contributed by atoms with Crippen molar-refractivity contribution in [2.24, 2.45) is 0 Å². The Morgan fingerprint density at radius 3 is 2.90 bits per heavy atom. The molecule has 2 aromatic rings. The molecule has 1 unspecified atom stereocenters. The van der Waals surface area contributed by atoms with Crippen LogP contribution >= 0.6 is 11.6 Å². The zero-order valence-electron chi connectivity index (χ0n) is 11.7. The molecule has 0 bridgehead atoms. The van der Waals surface area contributed by atoms with E-state index in [0.717, 1.165) is 23.7 Å². The van der Waals surface area contributed by atoms with Crippen LogP contribution in [0.5, 0.6) is 11.5 Å². The first kappa shape index (κ1) is 13.9. The van der Waals surface area contributed by atoms with Crippen molar-refractivity contribution in [3.8, 4) is 11.5 Å². The number of benzene rings is 1. The predicted octanol–water partition coefficient (Wildman–Crippen LogP) is 2.94. The van der Waals surface area contributed by atoms with Crippen molar-refractivity contribution in [2.75, 3.05) is 18.5 Å². The van der Waals surface area contributed by atoms with Crippen LogP contribution in [0.25, 0.3) is 0 Å². The molecule has 1 N–H and O–H groups in total. The molecule has 1 aliphatic rings. The zero-order chi connectivity index (χ0) is 14.7. The monoisotopic (exact) mass is 305 g/mol. The predicted molar refractivity (Wildman–Crippen MR) is 81.3 cm³/mol. The Morgan fingerprint density at radius 1 is 1.29 bits per heavy atom. The second-order valence-electron chi connectivity index (χ2n) is 4.72. The molecule has 0 spiro atoms. The number of anilines is 1. The molecular formula is C15H16ClN3O2. The van der Waals surface area contributed by atoms with E-state index in [1.165, 1.54) is 0 Å². The van der Waals surface area contributed by atoms with Gasteiger partial charge < -0.3 is 14.8 Å². The maximum Gasteiger partial charge on any atom is 0.161 e. The van der Waals surface area contributed by atoms with Crippen LogP contribution in [-0.2, 0) is 6.42 Å². The molecule has 0 fully saturated rings. The van der Waals surface area contributed by atoms with Gasteiger partial charge in [-0.05, 0) is 12.1 Å². The van der Waals surface area contributed by atoms with Crippen LogP contribution in [0.1, 0.15) is 12.7 Å². The summed E-state index contributed by atoms with van der Waals surface area (Å²) in [5.41, 5.74) is 0. The van der Waals surface area contributed by atoms with E-state index in [9.17, 15) is 0 Å². The third-order valence-corrected chi connectivity index (χ3v) is 3.33. The van der Waals surface area contributed by atoms with Gasteiger partial charge in [0.15, 0.2) is 11.5 Å². The molecule has 110 valence electrons. The van der Waals surface area contributed by atoms with E-state index in [0.29, 0.717) is 24.1 Å². The van der Waals surface area contributed by atoms with Gasteiger partial charge in [0.1, 0.15) is 29.5 Å². The summed E-state index contributed by atoms with van der Waals surface area (Å²) in [6.45, 7) is 3.08. The molecule has 0 radical (unpaired) electrons. The summed E-state index contributed by atoms with van der Waals surface area (Å²) in [6.07, 6.45) is 0.671. The fourth-order valence-electron chi connectivity index (χ4n) is 2.10. The molecule has 5 nitrogen and oxygen atoms in total. The van der Waals surface area contributed by atoms with Crippen LogP contribution in [0.2, 0.25) is 5.15 Å². The average molecular weight is 306 g/mol. The number of fused-ring (bicyclic) bond motifs is 1. The van der Waals surface area contributed by atoms with Gasteiger partial charge in [0.05, 0.1) is 6.54 Å². The SMILES string of the molecule is CCc1nc(Cl)cc(NCC2COc3ccccc3O2)n1. The van der Waals surface area contributed by atoms with Crippen molar-refractivity contribution in [2.45, 2.75) is 19.4 Å². The highest BCUT2D eigenvalue weighted by atomic mass is 35.5. The summed E-state index contributed by atoms with van der Waals surface area (Å²) in [6, 6.07) is 9.36. The third kappa shape index (κ3) is 3.36. The van der Waals surface area contributed by atoms with Crippen LogP contribution in [0.3, 0.4) is 0 Å². The summed E-state index contributed by atoms with van der Waals surface area (Å²) in [5, 5.41) is 3.66. The number of rotatable bonds is 4. The number of hydrogen-bond acceptors (Lipinski definition) is 5. The number of aryl methyl sites for hydroxylation is 1. The first-order chi connectivity index (χ1) is 10.2. The molecule has 1 aliphatic heterocycles. The number of nitrogens with zero attached hydrogens (tertiary/aromatic N) is 2. The smallest absolute Gasteiger partial charge is 0.161 e. The van der Waals surface area contributed by atoms with Gasteiger partial charge >= 0.3 is 0 Å². The summed E-state index contributed by atoms with van der Waals surface area (Å²) in [5.74, 6) is 2.98. The number of aromatic nitrogens is 2. The number of hydrogen-bond donors (Lipinski definition) is 1. The lowest BCUT2D eigenvalue weighted by Crippen LogP contribution is -2.35. The van der Waals surface area contributed by atoms with E-state index in [-0.39, 0.29) is 6.10 Å². The highest BCUT2D eigenvalue weighted by Gasteiger charge is 2.20. The van der Waals surface area contributed by atoms with Gasteiger partial charge in [-0.1, -0.05) is 30.7 Å². The second-order valence-corrected chi connectivity index (χ2v) is 5.11. The minimum Gasteiger partial charge on any atom is -0.486 e. The Labute approximate surface area is 128 Å². The Kier molecular flexibility index (Phi) is 4.10. The van der Waals surface area contributed by atoms with E-state index in [1.807, 2.05) is 31.2 Å².